The number of carbonyl (C=O) groups is 1. The van der Waals surface area contributed by atoms with Gasteiger partial charge in [0.1, 0.15) is 5.69 Å². The monoisotopic (exact) mass is 281 g/mol. The van der Waals surface area contributed by atoms with Crippen LogP contribution in [-0.2, 0) is 7.05 Å². The number of amides is 1. The molecule has 0 bridgehead atoms. The van der Waals surface area contributed by atoms with E-state index in [1.807, 2.05) is 47.7 Å². The second-order valence-corrected chi connectivity index (χ2v) is 5.45. The van der Waals surface area contributed by atoms with Gasteiger partial charge in [0.05, 0.1) is 24.0 Å². The first-order chi connectivity index (χ1) is 10.1. The maximum Gasteiger partial charge on any atom is 0.270 e. The van der Waals surface area contributed by atoms with Gasteiger partial charge in [-0.1, -0.05) is 12.1 Å². The molecule has 1 aromatic carbocycles. The van der Waals surface area contributed by atoms with E-state index >= 15 is 0 Å². The van der Waals surface area contributed by atoms with E-state index in [1.165, 1.54) is 0 Å². The Morgan fingerprint density at radius 2 is 2.14 bits per heavy atom. The first kappa shape index (κ1) is 12.1. The van der Waals surface area contributed by atoms with Crippen LogP contribution in [0.15, 0.2) is 30.6 Å². The number of hydrogen-bond acceptors (Lipinski definition) is 3. The van der Waals surface area contributed by atoms with Crippen LogP contribution in [0.25, 0.3) is 22.0 Å². The van der Waals surface area contributed by atoms with Crippen LogP contribution in [0.4, 0.5) is 0 Å². The van der Waals surface area contributed by atoms with Gasteiger partial charge in [0.25, 0.3) is 5.91 Å². The molecule has 1 amide bonds. The molecule has 3 aromatic rings. The number of aromatic nitrogens is 4. The smallest absolute Gasteiger partial charge is 0.270 e. The lowest BCUT2D eigenvalue weighted by Crippen LogP contribution is -2.38. The summed E-state index contributed by atoms with van der Waals surface area (Å²) in [5.74, 6) is -0.0642. The first-order valence-corrected chi connectivity index (χ1v) is 6.93. The number of nitrogens with one attached hydrogen (secondary N) is 1. The summed E-state index contributed by atoms with van der Waals surface area (Å²) in [6.07, 6.45) is 3.61. The zero-order valence-corrected chi connectivity index (χ0v) is 11.9. The molecule has 3 heterocycles. The lowest BCUT2D eigenvalue weighted by atomic mass is 10.0. The Balaban J connectivity index is 1.93. The standard InChI is InChI=1S/C15H15N5O/c1-9-6-16-15(21)14-12(8-18-20(9)14)10-3-4-11-7-17-19(2)13(11)5-10/h3-5,7-9H,6H2,1-2H3,(H,16,21)/t9-/m0/s1. The van der Waals surface area contributed by atoms with Crippen LogP contribution in [0.1, 0.15) is 23.5 Å². The highest BCUT2D eigenvalue weighted by atomic mass is 16.2. The van der Waals surface area contributed by atoms with Crippen LogP contribution in [-0.4, -0.2) is 32.0 Å². The van der Waals surface area contributed by atoms with Crippen molar-refractivity contribution in [2.45, 2.75) is 13.0 Å². The Morgan fingerprint density at radius 3 is 3.00 bits per heavy atom. The Kier molecular flexibility index (Phi) is 2.42. The second kappa shape index (κ2) is 4.18. The maximum absolute atomic E-state index is 12.2. The van der Waals surface area contributed by atoms with Crippen LogP contribution >= 0.6 is 0 Å². The van der Waals surface area contributed by atoms with E-state index < -0.39 is 0 Å². The molecule has 21 heavy (non-hydrogen) atoms. The van der Waals surface area contributed by atoms with Gasteiger partial charge < -0.3 is 5.32 Å². The number of rotatable bonds is 1. The molecular formula is C15H15N5O. The lowest BCUT2D eigenvalue weighted by molar-refractivity contribution is 0.0913. The average molecular weight is 281 g/mol. The van der Waals surface area contributed by atoms with Gasteiger partial charge in [0.2, 0.25) is 0 Å². The van der Waals surface area contributed by atoms with E-state index in [9.17, 15) is 4.79 Å². The van der Waals surface area contributed by atoms with E-state index in [0.29, 0.717) is 12.2 Å². The number of benzene rings is 1. The molecule has 2 aromatic heterocycles. The highest BCUT2D eigenvalue weighted by Gasteiger charge is 2.27. The van der Waals surface area contributed by atoms with Crippen molar-refractivity contribution < 1.29 is 4.79 Å². The molecule has 0 spiro atoms. The topological polar surface area (TPSA) is 64.7 Å². The van der Waals surface area contributed by atoms with E-state index in [0.717, 1.165) is 22.0 Å². The van der Waals surface area contributed by atoms with Crippen molar-refractivity contribution in [3.63, 3.8) is 0 Å². The second-order valence-electron chi connectivity index (χ2n) is 5.45. The summed E-state index contributed by atoms with van der Waals surface area (Å²) in [6.45, 7) is 2.66. The zero-order chi connectivity index (χ0) is 14.6. The van der Waals surface area contributed by atoms with Gasteiger partial charge >= 0.3 is 0 Å². The van der Waals surface area contributed by atoms with Gasteiger partial charge in [-0.05, 0) is 18.6 Å². The van der Waals surface area contributed by atoms with Crippen LogP contribution in [0, 0.1) is 0 Å². The summed E-state index contributed by atoms with van der Waals surface area (Å²) in [5, 5.41) is 12.6. The number of aryl methyl sites for hydroxylation is 1. The molecule has 1 aliphatic rings. The molecule has 1 atom stereocenters. The van der Waals surface area contributed by atoms with E-state index in [4.69, 9.17) is 0 Å². The van der Waals surface area contributed by atoms with Crippen LogP contribution in [0.2, 0.25) is 0 Å². The third-order valence-electron chi connectivity index (χ3n) is 4.05. The number of carbonyl (C=O) groups excluding carboxylic acids is 1. The van der Waals surface area contributed by atoms with E-state index in [-0.39, 0.29) is 11.9 Å². The number of hydrogen-bond donors (Lipinski definition) is 1. The molecule has 1 N–H and O–H groups in total. The molecule has 0 radical (unpaired) electrons. The summed E-state index contributed by atoms with van der Waals surface area (Å²) < 4.78 is 3.64. The van der Waals surface area contributed by atoms with Crippen molar-refractivity contribution in [2.24, 2.45) is 7.05 Å². The molecule has 0 aliphatic carbocycles. The van der Waals surface area contributed by atoms with E-state index in [2.05, 4.69) is 15.5 Å². The normalized spacial score (nSPS) is 17.8. The van der Waals surface area contributed by atoms with Crippen molar-refractivity contribution in [2.75, 3.05) is 6.54 Å². The predicted octanol–water partition coefficient (Wildman–Crippen LogP) is 1.74. The molecule has 106 valence electrons. The van der Waals surface area contributed by atoms with Crippen molar-refractivity contribution >= 4 is 16.8 Å². The van der Waals surface area contributed by atoms with Crippen molar-refractivity contribution in [3.05, 3.63) is 36.3 Å². The lowest BCUT2D eigenvalue weighted by Gasteiger charge is -2.22. The summed E-state index contributed by atoms with van der Waals surface area (Å²) in [6, 6.07) is 6.25. The Labute approximate surface area is 121 Å². The average Bonchev–Trinajstić information content (AvgIpc) is 3.08. The minimum atomic E-state index is -0.0642. The van der Waals surface area contributed by atoms with Gasteiger partial charge in [-0.25, -0.2) is 0 Å². The molecular weight excluding hydrogens is 266 g/mol. The zero-order valence-electron chi connectivity index (χ0n) is 11.9. The van der Waals surface area contributed by atoms with Crippen molar-refractivity contribution in [1.82, 2.24) is 24.9 Å². The molecule has 4 rings (SSSR count). The van der Waals surface area contributed by atoms with Gasteiger partial charge in [0, 0.05) is 24.5 Å². The summed E-state index contributed by atoms with van der Waals surface area (Å²) in [4.78, 5) is 12.2. The van der Waals surface area contributed by atoms with E-state index in [1.54, 1.807) is 6.20 Å². The minimum Gasteiger partial charge on any atom is -0.349 e. The third-order valence-corrected chi connectivity index (χ3v) is 4.05. The van der Waals surface area contributed by atoms with Gasteiger partial charge in [-0.2, -0.15) is 10.2 Å². The number of nitrogens with zero attached hydrogens (tertiary/aromatic N) is 4. The molecule has 6 nitrogen and oxygen atoms in total. The quantitative estimate of drug-likeness (QED) is 0.739. The fourth-order valence-electron chi connectivity index (χ4n) is 2.86. The van der Waals surface area contributed by atoms with Gasteiger partial charge in [-0.3, -0.25) is 14.2 Å². The van der Waals surface area contributed by atoms with Crippen LogP contribution in [0.5, 0.6) is 0 Å². The molecule has 0 fully saturated rings. The number of fused-ring (bicyclic) bond motifs is 2. The van der Waals surface area contributed by atoms with Crippen LogP contribution in [0.3, 0.4) is 0 Å². The predicted molar refractivity (Wildman–Crippen MR) is 79.0 cm³/mol. The Bertz CT molecular complexity index is 860. The Hall–Kier alpha value is -2.63. The highest BCUT2D eigenvalue weighted by molar-refractivity contribution is 6.00. The Morgan fingerprint density at radius 1 is 1.29 bits per heavy atom. The largest absolute Gasteiger partial charge is 0.349 e. The molecule has 0 saturated heterocycles. The van der Waals surface area contributed by atoms with Crippen molar-refractivity contribution in [1.29, 1.82) is 0 Å². The third kappa shape index (κ3) is 1.68. The molecule has 6 heteroatoms. The first-order valence-electron chi connectivity index (χ1n) is 6.93. The summed E-state index contributed by atoms with van der Waals surface area (Å²) in [5.41, 5.74) is 3.52. The van der Waals surface area contributed by atoms with Crippen LogP contribution < -0.4 is 5.32 Å². The fourth-order valence-corrected chi connectivity index (χ4v) is 2.86. The van der Waals surface area contributed by atoms with Gasteiger partial charge in [0.15, 0.2) is 0 Å². The van der Waals surface area contributed by atoms with Gasteiger partial charge in [-0.15, -0.1) is 0 Å². The summed E-state index contributed by atoms with van der Waals surface area (Å²) in [7, 11) is 1.91. The minimum absolute atomic E-state index is 0.0642. The highest BCUT2D eigenvalue weighted by Crippen LogP contribution is 2.29. The molecule has 1 aliphatic heterocycles. The fraction of sp³-hybridized carbons (Fsp3) is 0.267. The van der Waals surface area contributed by atoms with Crippen molar-refractivity contribution in [3.8, 4) is 11.1 Å². The SMILES string of the molecule is C[C@H]1CNC(=O)c2c(-c3ccc4cnn(C)c4c3)cnn21. The molecule has 0 unspecified atom stereocenters. The maximum atomic E-state index is 12.2. The molecule has 0 saturated carbocycles. The summed E-state index contributed by atoms with van der Waals surface area (Å²) >= 11 is 0.